The fourth-order valence-electron chi connectivity index (χ4n) is 1.62. The third-order valence-corrected chi connectivity index (χ3v) is 2.82. The number of rotatable bonds is 4. The Labute approximate surface area is 123 Å². The summed E-state index contributed by atoms with van der Waals surface area (Å²) >= 11 is 5.70. The number of para-hydroxylation sites is 1. The van der Waals surface area contributed by atoms with E-state index in [1.807, 2.05) is 0 Å². The van der Waals surface area contributed by atoms with E-state index in [-0.39, 0.29) is 16.5 Å². The number of nitro groups is 1. The molecule has 0 aliphatic carbocycles. The van der Waals surface area contributed by atoms with Crippen molar-refractivity contribution in [3.05, 3.63) is 51.4 Å². The summed E-state index contributed by atoms with van der Waals surface area (Å²) in [6.45, 7) is 0. The molecule has 1 heterocycles. The summed E-state index contributed by atoms with van der Waals surface area (Å²) in [4.78, 5) is 29.3. The number of carbonyl (C=O) groups excluding carboxylic acids is 1. The van der Waals surface area contributed by atoms with Crippen LogP contribution in [0, 0.1) is 10.1 Å². The Hall–Kier alpha value is -2.74. The molecule has 0 radical (unpaired) electrons. The molecule has 0 amide bonds. The van der Waals surface area contributed by atoms with Crippen molar-refractivity contribution in [1.82, 2.24) is 9.97 Å². The molecule has 2 rings (SSSR count). The molecule has 0 unspecified atom stereocenters. The molecule has 0 bridgehead atoms. The van der Waals surface area contributed by atoms with Crippen molar-refractivity contribution in [1.29, 1.82) is 0 Å². The smallest absolute Gasteiger partial charge is 0.348 e. The molecule has 8 nitrogen and oxygen atoms in total. The van der Waals surface area contributed by atoms with Gasteiger partial charge in [-0.2, -0.15) is 0 Å². The van der Waals surface area contributed by atoms with Gasteiger partial charge in [0, 0.05) is 0 Å². The molecule has 21 heavy (non-hydrogen) atoms. The number of hydrogen-bond acceptors (Lipinski definition) is 7. The first-order valence-corrected chi connectivity index (χ1v) is 6.01. The van der Waals surface area contributed by atoms with Gasteiger partial charge in [-0.1, -0.05) is 23.7 Å². The Morgan fingerprint density at radius 1 is 1.38 bits per heavy atom. The van der Waals surface area contributed by atoms with Gasteiger partial charge in [-0.25, -0.2) is 14.8 Å². The average Bonchev–Trinajstić information content (AvgIpc) is 2.46. The molecule has 0 aliphatic heterocycles. The molecule has 9 heteroatoms. The van der Waals surface area contributed by atoms with E-state index in [2.05, 4.69) is 20.0 Å². The third kappa shape index (κ3) is 3.06. The topological polar surface area (TPSA) is 107 Å². The minimum Gasteiger partial charge on any atom is -0.465 e. The number of aromatic nitrogens is 2. The second-order valence-electron chi connectivity index (χ2n) is 3.78. The van der Waals surface area contributed by atoms with Crippen LogP contribution in [-0.2, 0) is 4.74 Å². The van der Waals surface area contributed by atoms with Crippen LogP contribution in [0.5, 0.6) is 0 Å². The zero-order chi connectivity index (χ0) is 15.4. The number of esters is 1. The predicted octanol–water partition coefficient (Wildman–Crippen LogP) is 2.57. The molecule has 0 atom stereocenters. The monoisotopic (exact) mass is 308 g/mol. The zero-order valence-corrected chi connectivity index (χ0v) is 11.5. The SMILES string of the molecule is COC(=O)c1ccccc1Nc1ncnc(Cl)c1[N+](=O)[O-]. The highest BCUT2D eigenvalue weighted by Gasteiger charge is 2.23. The number of anilines is 2. The summed E-state index contributed by atoms with van der Waals surface area (Å²) in [6, 6.07) is 6.37. The summed E-state index contributed by atoms with van der Waals surface area (Å²) in [5, 5.41) is 13.4. The Morgan fingerprint density at radius 3 is 2.76 bits per heavy atom. The van der Waals surface area contributed by atoms with Crippen molar-refractivity contribution < 1.29 is 14.5 Å². The predicted molar refractivity (Wildman–Crippen MR) is 74.8 cm³/mol. The maximum absolute atomic E-state index is 11.7. The lowest BCUT2D eigenvalue weighted by atomic mass is 10.2. The Bertz CT molecular complexity index is 707. The van der Waals surface area contributed by atoms with E-state index in [0.717, 1.165) is 6.33 Å². The minimum atomic E-state index is -0.703. The summed E-state index contributed by atoms with van der Waals surface area (Å²) in [7, 11) is 1.24. The van der Waals surface area contributed by atoms with Crippen LogP contribution in [0.4, 0.5) is 17.2 Å². The lowest BCUT2D eigenvalue weighted by Gasteiger charge is -2.10. The van der Waals surface area contributed by atoms with Crippen molar-refractivity contribution >= 4 is 34.8 Å². The van der Waals surface area contributed by atoms with Gasteiger partial charge in [0.15, 0.2) is 0 Å². The standard InChI is InChI=1S/C12H9ClN4O4/c1-21-12(18)7-4-2-3-5-8(7)16-11-9(17(19)20)10(13)14-6-15-11/h2-6H,1H3,(H,14,15,16). The molecule has 0 aliphatic rings. The normalized spacial score (nSPS) is 10.0. The second kappa shape index (κ2) is 6.14. The first kappa shape index (κ1) is 14.7. The van der Waals surface area contributed by atoms with Crippen LogP contribution in [-0.4, -0.2) is 28.0 Å². The number of ether oxygens (including phenoxy) is 1. The molecule has 0 saturated heterocycles. The minimum absolute atomic E-state index is 0.114. The van der Waals surface area contributed by atoms with Gasteiger partial charge in [0.1, 0.15) is 6.33 Å². The van der Waals surface area contributed by atoms with Gasteiger partial charge < -0.3 is 10.1 Å². The van der Waals surface area contributed by atoms with E-state index < -0.39 is 16.6 Å². The molecule has 1 aromatic heterocycles. The maximum Gasteiger partial charge on any atom is 0.348 e. The third-order valence-electron chi connectivity index (χ3n) is 2.55. The lowest BCUT2D eigenvalue weighted by molar-refractivity contribution is -0.384. The van der Waals surface area contributed by atoms with Gasteiger partial charge in [0.2, 0.25) is 11.0 Å². The van der Waals surface area contributed by atoms with Crippen molar-refractivity contribution in [3.63, 3.8) is 0 Å². The highest BCUT2D eigenvalue weighted by molar-refractivity contribution is 6.31. The number of methoxy groups -OCH3 is 1. The molecule has 0 fully saturated rings. The van der Waals surface area contributed by atoms with E-state index in [1.165, 1.54) is 13.2 Å². The summed E-state index contributed by atoms with van der Waals surface area (Å²) in [6.07, 6.45) is 1.08. The number of hydrogen-bond donors (Lipinski definition) is 1. The quantitative estimate of drug-likeness (QED) is 0.400. The van der Waals surface area contributed by atoms with E-state index in [9.17, 15) is 14.9 Å². The van der Waals surface area contributed by atoms with Crippen LogP contribution < -0.4 is 5.32 Å². The van der Waals surface area contributed by atoms with Crippen LogP contribution in [0.15, 0.2) is 30.6 Å². The number of nitrogens with one attached hydrogen (secondary N) is 1. The highest BCUT2D eigenvalue weighted by atomic mass is 35.5. The average molecular weight is 309 g/mol. The molecule has 2 aromatic rings. The van der Waals surface area contributed by atoms with Gasteiger partial charge >= 0.3 is 11.7 Å². The van der Waals surface area contributed by atoms with Crippen molar-refractivity contribution in [3.8, 4) is 0 Å². The largest absolute Gasteiger partial charge is 0.465 e. The molecule has 1 aromatic carbocycles. The lowest BCUT2D eigenvalue weighted by Crippen LogP contribution is -2.07. The first-order chi connectivity index (χ1) is 10.0. The highest BCUT2D eigenvalue weighted by Crippen LogP contribution is 2.31. The van der Waals surface area contributed by atoms with Crippen LogP contribution in [0.3, 0.4) is 0 Å². The number of nitrogens with zero attached hydrogens (tertiary/aromatic N) is 3. The fraction of sp³-hybridized carbons (Fsp3) is 0.0833. The van der Waals surface area contributed by atoms with E-state index in [1.54, 1.807) is 18.2 Å². The zero-order valence-electron chi connectivity index (χ0n) is 10.7. The van der Waals surface area contributed by atoms with E-state index in [4.69, 9.17) is 11.6 Å². The Morgan fingerprint density at radius 2 is 2.10 bits per heavy atom. The summed E-state index contributed by atoms with van der Waals surface area (Å²) in [5.74, 6) is -0.697. The number of halogens is 1. The Balaban J connectivity index is 2.47. The second-order valence-corrected chi connectivity index (χ2v) is 4.14. The van der Waals surface area contributed by atoms with Crippen LogP contribution in [0.1, 0.15) is 10.4 Å². The summed E-state index contributed by atoms with van der Waals surface area (Å²) < 4.78 is 4.64. The van der Waals surface area contributed by atoms with Gasteiger partial charge in [0.25, 0.3) is 0 Å². The van der Waals surface area contributed by atoms with Gasteiger partial charge in [-0.05, 0) is 12.1 Å². The molecular weight excluding hydrogens is 300 g/mol. The van der Waals surface area contributed by atoms with Crippen molar-refractivity contribution in [2.75, 3.05) is 12.4 Å². The van der Waals surface area contributed by atoms with Crippen LogP contribution in [0.25, 0.3) is 0 Å². The van der Waals surface area contributed by atoms with Crippen LogP contribution in [0.2, 0.25) is 5.15 Å². The molecule has 0 spiro atoms. The van der Waals surface area contributed by atoms with E-state index >= 15 is 0 Å². The fourth-order valence-corrected chi connectivity index (χ4v) is 1.82. The van der Waals surface area contributed by atoms with Gasteiger partial charge in [0.05, 0.1) is 23.3 Å². The Kier molecular flexibility index (Phi) is 4.29. The molecular formula is C12H9ClN4O4. The van der Waals surface area contributed by atoms with Gasteiger partial charge in [-0.3, -0.25) is 10.1 Å². The number of carbonyl (C=O) groups is 1. The maximum atomic E-state index is 11.7. The van der Waals surface area contributed by atoms with Crippen molar-refractivity contribution in [2.45, 2.75) is 0 Å². The first-order valence-electron chi connectivity index (χ1n) is 5.64. The summed E-state index contributed by atoms with van der Waals surface area (Å²) in [5.41, 5.74) is 0.0464. The van der Waals surface area contributed by atoms with Crippen LogP contribution >= 0.6 is 11.6 Å². The molecule has 108 valence electrons. The molecule has 1 N–H and O–H groups in total. The number of benzene rings is 1. The molecule has 0 saturated carbocycles. The van der Waals surface area contributed by atoms with E-state index in [0.29, 0.717) is 5.69 Å². The van der Waals surface area contributed by atoms with Gasteiger partial charge in [-0.15, -0.1) is 0 Å². The van der Waals surface area contributed by atoms with Crippen molar-refractivity contribution in [2.24, 2.45) is 0 Å².